The number of benzene rings is 1. The van der Waals surface area contributed by atoms with Gasteiger partial charge in [0.1, 0.15) is 11.6 Å². The average molecular weight is 426 g/mol. The fourth-order valence-electron chi connectivity index (χ4n) is 3.58. The molecule has 2 amide bonds. The van der Waals surface area contributed by atoms with Crippen LogP contribution in [-0.4, -0.2) is 40.1 Å². The number of piperidine rings is 1. The molecule has 3 aromatic rings. The van der Waals surface area contributed by atoms with Crippen molar-refractivity contribution >= 4 is 11.8 Å². The Balaban J connectivity index is 1.30. The van der Waals surface area contributed by atoms with Gasteiger partial charge in [-0.1, -0.05) is 29.4 Å². The Labute approximate surface area is 178 Å². The van der Waals surface area contributed by atoms with E-state index in [-0.39, 0.29) is 35.9 Å². The Morgan fingerprint density at radius 1 is 1.13 bits per heavy atom. The number of aryl methyl sites for hydroxylation is 1. The number of carbonyl (C=O) groups is 2. The summed E-state index contributed by atoms with van der Waals surface area (Å²) >= 11 is 0. The number of rotatable bonds is 6. The molecule has 0 radical (unpaired) electrons. The van der Waals surface area contributed by atoms with Crippen molar-refractivity contribution in [1.82, 2.24) is 20.5 Å². The molecule has 9 heteroatoms. The van der Waals surface area contributed by atoms with Crippen LogP contribution in [0.3, 0.4) is 0 Å². The first-order valence-electron chi connectivity index (χ1n) is 10.3. The maximum Gasteiger partial charge on any atom is 0.290 e. The van der Waals surface area contributed by atoms with Gasteiger partial charge >= 0.3 is 0 Å². The quantitative estimate of drug-likeness (QED) is 0.649. The number of carbonyl (C=O) groups excluding carboxylic acids is 2. The molecule has 8 nitrogen and oxygen atoms in total. The molecule has 1 fully saturated rings. The predicted molar refractivity (Wildman–Crippen MR) is 108 cm³/mol. The van der Waals surface area contributed by atoms with Gasteiger partial charge in [0, 0.05) is 44.1 Å². The van der Waals surface area contributed by atoms with Crippen molar-refractivity contribution in [3.63, 3.8) is 0 Å². The van der Waals surface area contributed by atoms with Crippen LogP contribution in [0.2, 0.25) is 0 Å². The highest BCUT2D eigenvalue weighted by Gasteiger charge is 2.28. The molecule has 0 spiro atoms. The van der Waals surface area contributed by atoms with E-state index in [9.17, 15) is 14.0 Å². The largest absolute Gasteiger partial charge is 0.361 e. The summed E-state index contributed by atoms with van der Waals surface area (Å²) in [5, 5.41) is 10.6. The Hall–Kier alpha value is -3.49. The molecule has 0 atom stereocenters. The van der Waals surface area contributed by atoms with Gasteiger partial charge in [-0.25, -0.2) is 4.39 Å². The zero-order chi connectivity index (χ0) is 21.8. The first-order chi connectivity index (χ1) is 15.0. The minimum atomic E-state index is -0.381. The van der Waals surface area contributed by atoms with Crippen molar-refractivity contribution in [2.45, 2.75) is 38.6 Å². The molecule has 3 heterocycles. The summed E-state index contributed by atoms with van der Waals surface area (Å²) in [6.07, 6.45) is 2.12. The molecule has 0 aliphatic carbocycles. The Bertz CT molecular complexity index is 1050. The summed E-state index contributed by atoms with van der Waals surface area (Å²) < 4.78 is 23.3. The lowest BCUT2D eigenvalue weighted by Crippen LogP contribution is -2.38. The van der Waals surface area contributed by atoms with Gasteiger partial charge in [0.05, 0.1) is 5.69 Å². The molecular weight excluding hydrogens is 403 g/mol. The Kier molecular flexibility index (Phi) is 6.11. The van der Waals surface area contributed by atoms with E-state index < -0.39 is 0 Å². The smallest absolute Gasteiger partial charge is 0.290 e. The summed E-state index contributed by atoms with van der Waals surface area (Å²) in [5.41, 5.74) is 1.82. The highest BCUT2D eigenvalue weighted by Crippen LogP contribution is 2.28. The zero-order valence-corrected chi connectivity index (χ0v) is 17.1. The number of hydrogen-bond acceptors (Lipinski definition) is 6. The van der Waals surface area contributed by atoms with Gasteiger partial charge in [0.25, 0.3) is 11.8 Å². The molecule has 1 N–H and O–H groups in total. The Morgan fingerprint density at radius 3 is 2.55 bits per heavy atom. The van der Waals surface area contributed by atoms with E-state index in [0.29, 0.717) is 49.5 Å². The third kappa shape index (κ3) is 4.82. The summed E-state index contributed by atoms with van der Waals surface area (Å²) in [5.74, 6) is 0.0807. The molecule has 0 saturated carbocycles. The van der Waals surface area contributed by atoms with Crippen molar-refractivity contribution in [3.05, 3.63) is 70.7 Å². The van der Waals surface area contributed by atoms with E-state index >= 15 is 0 Å². The third-order valence-corrected chi connectivity index (χ3v) is 5.45. The molecule has 4 rings (SSSR count). The number of amides is 2. The van der Waals surface area contributed by atoms with Crippen molar-refractivity contribution < 1.29 is 23.0 Å². The minimum Gasteiger partial charge on any atom is -0.361 e. The Morgan fingerprint density at radius 2 is 1.87 bits per heavy atom. The summed E-state index contributed by atoms with van der Waals surface area (Å²) in [4.78, 5) is 26.6. The van der Waals surface area contributed by atoms with Crippen LogP contribution in [0.15, 0.2) is 45.4 Å². The third-order valence-electron chi connectivity index (χ3n) is 5.45. The van der Waals surface area contributed by atoms with Crippen LogP contribution in [0.4, 0.5) is 4.39 Å². The van der Waals surface area contributed by atoms with Crippen LogP contribution < -0.4 is 5.32 Å². The van der Waals surface area contributed by atoms with Crippen LogP contribution in [0.25, 0.3) is 0 Å². The fraction of sp³-hybridized carbons (Fsp3) is 0.364. The normalized spacial score (nSPS) is 14.6. The summed E-state index contributed by atoms with van der Waals surface area (Å²) in [6, 6.07) is 9.24. The van der Waals surface area contributed by atoms with Gasteiger partial charge in [0.2, 0.25) is 5.76 Å². The standard InChI is InChI=1S/C22H23FN4O4/c1-2-17-11-19(26-30-17)22(29)27-9-7-15(8-10-27)18-12-20(31-25-18)21(28)24-13-14-3-5-16(23)6-4-14/h3-6,11-12,15H,2,7-10,13H2,1H3,(H,24,28). The highest BCUT2D eigenvalue weighted by atomic mass is 19.1. The maximum atomic E-state index is 13.0. The monoisotopic (exact) mass is 426 g/mol. The lowest BCUT2D eigenvalue weighted by molar-refractivity contribution is 0.0700. The fourth-order valence-corrected chi connectivity index (χ4v) is 3.58. The SMILES string of the molecule is CCc1cc(C(=O)N2CCC(c3cc(C(=O)NCc4ccc(F)cc4)on3)CC2)no1. The lowest BCUT2D eigenvalue weighted by Gasteiger charge is -2.30. The lowest BCUT2D eigenvalue weighted by atomic mass is 9.93. The van der Waals surface area contributed by atoms with E-state index in [1.165, 1.54) is 12.1 Å². The van der Waals surface area contributed by atoms with Crippen LogP contribution in [0.1, 0.15) is 63.7 Å². The number of hydrogen-bond donors (Lipinski definition) is 1. The molecular formula is C22H23FN4O4. The molecule has 1 aliphatic heterocycles. The van der Waals surface area contributed by atoms with E-state index in [4.69, 9.17) is 9.05 Å². The predicted octanol–water partition coefficient (Wildman–Crippen LogP) is 3.31. The van der Waals surface area contributed by atoms with Gasteiger partial charge in [-0.05, 0) is 30.5 Å². The van der Waals surface area contributed by atoms with Crippen molar-refractivity contribution in [2.75, 3.05) is 13.1 Å². The minimum absolute atomic E-state index is 0.106. The van der Waals surface area contributed by atoms with Crippen LogP contribution in [0.5, 0.6) is 0 Å². The van der Waals surface area contributed by atoms with Gasteiger partial charge in [-0.2, -0.15) is 0 Å². The van der Waals surface area contributed by atoms with E-state index in [1.54, 1.807) is 29.2 Å². The molecule has 162 valence electrons. The molecule has 1 aromatic carbocycles. The van der Waals surface area contributed by atoms with Gasteiger partial charge in [0.15, 0.2) is 5.69 Å². The maximum absolute atomic E-state index is 13.0. The second kappa shape index (κ2) is 9.11. The van der Waals surface area contributed by atoms with Gasteiger partial charge < -0.3 is 19.3 Å². The number of nitrogens with one attached hydrogen (secondary N) is 1. The number of nitrogens with zero attached hydrogens (tertiary/aromatic N) is 3. The number of likely N-dealkylation sites (tertiary alicyclic amines) is 1. The van der Waals surface area contributed by atoms with Gasteiger partial charge in [-0.15, -0.1) is 0 Å². The van der Waals surface area contributed by atoms with Crippen molar-refractivity contribution in [1.29, 1.82) is 0 Å². The summed E-state index contributed by atoms with van der Waals surface area (Å²) in [6.45, 7) is 3.33. The van der Waals surface area contributed by atoms with E-state index in [0.717, 1.165) is 5.56 Å². The first-order valence-corrected chi connectivity index (χ1v) is 10.3. The van der Waals surface area contributed by atoms with Crippen LogP contribution in [0, 0.1) is 5.82 Å². The molecule has 1 saturated heterocycles. The molecule has 2 aromatic heterocycles. The molecule has 0 bridgehead atoms. The van der Waals surface area contributed by atoms with Crippen molar-refractivity contribution in [3.8, 4) is 0 Å². The molecule has 1 aliphatic rings. The molecule has 0 unspecified atom stereocenters. The van der Waals surface area contributed by atoms with Crippen molar-refractivity contribution in [2.24, 2.45) is 0 Å². The zero-order valence-electron chi connectivity index (χ0n) is 17.1. The molecule has 31 heavy (non-hydrogen) atoms. The van der Waals surface area contributed by atoms with E-state index in [2.05, 4.69) is 15.6 Å². The summed E-state index contributed by atoms with van der Waals surface area (Å²) in [7, 11) is 0. The highest BCUT2D eigenvalue weighted by molar-refractivity contribution is 5.92. The number of halogens is 1. The number of aromatic nitrogens is 2. The van der Waals surface area contributed by atoms with Crippen LogP contribution in [-0.2, 0) is 13.0 Å². The topological polar surface area (TPSA) is 101 Å². The average Bonchev–Trinajstić information content (AvgIpc) is 3.48. The van der Waals surface area contributed by atoms with E-state index in [1.807, 2.05) is 6.92 Å². The first kappa shape index (κ1) is 20.8. The second-order valence-electron chi connectivity index (χ2n) is 7.52. The van der Waals surface area contributed by atoms with Gasteiger partial charge in [-0.3, -0.25) is 9.59 Å². The second-order valence-corrected chi connectivity index (χ2v) is 7.52. The van der Waals surface area contributed by atoms with Crippen LogP contribution >= 0.6 is 0 Å².